The molecule has 2 aliphatic heterocycles. The van der Waals surface area contributed by atoms with Gasteiger partial charge in [-0.15, -0.1) is 0 Å². The lowest BCUT2D eigenvalue weighted by Gasteiger charge is -2.36. The van der Waals surface area contributed by atoms with Crippen LogP contribution in [-0.2, 0) is 21.2 Å². The van der Waals surface area contributed by atoms with Gasteiger partial charge in [0.25, 0.3) is 5.91 Å². The van der Waals surface area contributed by atoms with E-state index in [4.69, 9.17) is 16.3 Å². The molecular weight excluding hydrogens is 388 g/mol. The minimum Gasteiger partial charge on any atom is -0.476 e. The Bertz CT molecular complexity index is 1020. The van der Waals surface area contributed by atoms with Gasteiger partial charge in [0.05, 0.1) is 18.5 Å². The zero-order valence-corrected chi connectivity index (χ0v) is 16.5. The lowest BCUT2D eigenvalue weighted by Crippen LogP contribution is -2.53. The van der Waals surface area contributed by atoms with Crippen LogP contribution >= 0.6 is 11.6 Å². The second-order valence-corrected chi connectivity index (χ2v) is 9.25. The van der Waals surface area contributed by atoms with Gasteiger partial charge >= 0.3 is 0 Å². The number of hydrogen-bond donors (Lipinski definition) is 0. The number of carbonyl (C=O) groups is 1. The number of sulfonamides is 1. The fraction of sp³-hybridized carbons (Fsp3) is 0.316. The lowest BCUT2D eigenvalue weighted by molar-refractivity contribution is -0.125. The summed E-state index contributed by atoms with van der Waals surface area (Å²) >= 11 is 6.02. The Labute approximate surface area is 163 Å². The number of carbonyl (C=O) groups excluding carboxylic acids is 1. The number of ether oxygens (including phenoxy) is 1. The molecule has 2 atom stereocenters. The number of para-hydroxylation sites is 1. The van der Waals surface area contributed by atoms with Crippen molar-refractivity contribution in [2.24, 2.45) is 0 Å². The molecule has 8 heteroatoms. The SMILES string of the molecule is C[C@@H]1Cc2ccccc2N1C(=O)[C@@H]1CN(S(C)(=O)=O)c2cc(Cl)ccc2O1. The summed E-state index contributed by atoms with van der Waals surface area (Å²) in [6, 6.07) is 12.5. The third-order valence-electron chi connectivity index (χ3n) is 4.91. The molecular formula is C19H19ClN2O4S. The van der Waals surface area contributed by atoms with Gasteiger partial charge in [-0.25, -0.2) is 8.42 Å². The molecule has 0 N–H and O–H groups in total. The Morgan fingerprint density at radius 2 is 1.93 bits per heavy atom. The highest BCUT2D eigenvalue weighted by Crippen LogP contribution is 2.39. The molecule has 2 aromatic carbocycles. The zero-order valence-electron chi connectivity index (χ0n) is 14.9. The molecule has 0 saturated carbocycles. The number of halogens is 1. The van der Waals surface area contributed by atoms with Gasteiger partial charge in [0, 0.05) is 16.8 Å². The molecule has 0 aliphatic carbocycles. The fourth-order valence-electron chi connectivity index (χ4n) is 3.72. The van der Waals surface area contributed by atoms with Crippen LogP contribution in [0.4, 0.5) is 11.4 Å². The van der Waals surface area contributed by atoms with Gasteiger partial charge in [0.15, 0.2) is 6.10 Å². The van der Waals surface area contributed by atoms with Crippen LogP contribution in [0.1, 0.15) is 12.5 Å². The number of hydrogen-bond acceptors (Lipinski definition) is 4. The second kappa shape index (κ2) is 6.42. The van der Waals surface area contributed by atoms with Gasteiger partial charge < -0.3 is 9.64 Å². The Kier molecular flexibility index (Phi) is 4.31. The van der Waals surface area contributed by atoms with Gasteiger partial charge in [0.2, 0.25) is 10.0 Å². The van der Waals surface area contributed by atoms with Crippen molar-refractivity contribution in [2.75, 3.05) is 22.0 Å². The van der Waals surface area contributed by atoms with Crippen LogP contribution in [0.25, 0.3) is 0 Å². The molecule has 2 heterocycles. The van der Waals surface area contributed by atoms with E-state index in [9.17, 15) is 13.2 Å². The van der Waals surface area contributed by atoms with Crippen molar-refractivity contribution in [3.8, 4) is 5.75 Å². The first-order valence-corrected chi connectivity index (χ1v) is 10.8. The molecule has 1 amide bonds. The van der Waals surface area contributed by atoms with Crippen LogP contribution in [0.15, 0.2) is 42.5 Å². The van der Waals surface area contributed by atoms with E-state index in [-0.39, 0.29) is 18.5 Å². The van der Waals surface area contributed by atoms with Gasteiger partial charge in [-0.05, 0) is 43.2 Å². The standard InChI is InChI=1S/C19H19ClN2O4S/c1-12-9-13-5-3-4-6-15(13)22(12)19(23)18-11-21(27(2,24)25)16-10-14(20)7-8-17(16)26-18/h3-8,10,12,18H,9,11H2,1-2H3/t12-,18+/m1/s1. The van der Waals surface area contributed by atoms with Crippen molar-refractivity contribution in [3.05, 3.63) is 53.1 Å². The smallest absolute Gasteiger partial charge is 0.270 e. The quantitative estimate of drug-likeness (QED) is 0.769. The van der Waals surface area contributed by atoms with Gasteiger partial charge in [0.1, 0.15) is 5.75 Å². The lowest BCUT2D eigenvalue weighted by atomic mass is 10.1. The van der Waals surface area contributed by atoms with Crippen molar-refractivity contribution in [3.63, 3.8) is 0 Å². The van der Waals surface area contributed by atoms with Crippen LogP contribution in [0.5, 0.6) is 5.75 Å². The molecule has 27 heavy (non-hydrogen) atoms. The summed E-state index contributed by atoms with van der Waals surface area (Å²) < 4.78 is 31.7. The van der Waals surface area contributed by atoms with Crippen LogP contribution in [0, 0.1) is 0 Å². The van der Waals surface area contributed by atoms with Crippen molar-refractivity contribution < 1.29 is 17.9 Å². The summed E-state index contributed by atoms with van der Waals surface area (Å²) in [5.41, 5.74) is 2.30. The van der Waals surface area contributed by atoms with E-state index in [1.165, 1.54) is 10.4 Å². The summed E-state index contributed by atoms with van der Waals surface area (Å²) in [4.78, 5) is 15.0. The Hall–Kier alpha value is -2.25. The molecule has 0 radical (unpaired) electrons. The van der Waals surface area contributed by atoms with Gasteiger partial charge in [-0.2, -0.15) is 0 Å². The van der Waals surface area contributed by atoms with E-state index in [1.807, 2.05) is 31.2 Å². The summed E-state index contributed by atoms with van der Waals surface area (Å²) in [6.07, 6.45) is 0.941. The number of amides is 1. The van der Waals surface area contributed by atoms with Crippen molar-refractivity contribution in [2.45, 2.75) is 25.5 Å². The topological polar surface area (TPSA) is 66.9 Å². The molecule has 2 aromatic rings. The predicted octanol–water partition coefficient (Wildman–Crippen LogP) is 2.84. The third-order valence-corrected chi connectivity index (χ3v) is 6.29. The van der Waals surface area contributed by atoms with Crippen LogP contribution in [0.2, 0.25) is 5.02 Å². The van der Waals surface area contributed by atoms with Crippen LogP contribution in [0.3, 0.4) is 0 Å². The largest absolute Gasteiger partial charge is 0.476 e. The first kappa shape index (κ1) is 18.1. The van der Waals surface area contributed by atoms with Gasteiger partial charge in [-0.3, -0.25) is 9.10 Å². The Morgan fingerprint density at radius 1 is 1.19 bits per heavy atom. The van der Waals surface area contributed by atoms with E-state index in [2.05, 4.69) is 0 Å². The van der Waals surface area contributed by atoms with Crippen molar-refractivity contribution >= 4 is 38.9 Å². The molecule has 0 unspecified atom stereocenters. The van der Waals surface area contributed by atoms with Crippen molar-refractivity contribution in [1.29, 1.82) is 0 Å². The van der Waals surface area contributed by atoms with E-state index in [1.54, 1.807) is 17.0 Å². The minimum atomic E-state index is -3.60. The maximum atomic E-state index is 13.3. The number of benzene rings is 2. The summed E-state index contributed by atoms with van der Waals surface area (Å²) in [7, 11) is -3.60. The second-order valence-electron chi connectivity index (χ2n) is 6.90. The van der Waals surface area contributed by atoms with Crippen LogP contribution in [-0.4, -0.2) is 39.3 Å². The highest BCUT2D eigenvalue weighted by atomic mass is 35.5. The van der Waals surface area contributed by atoms with Crippen LogP contribution < -0.4 is 13.9 Å². The monoisotopic (exact) mass is 406 g/mol. The maximum Gasteiger partial charge on any atom is 0.270 e. The zero-order chi connectivity index (χ0) is 19.3. The molecule has 0 fully saturated rings. The average Bonchev–Trinajstić information content (AvgIpc) is 2.95. The van der Waals surface area contributed by atoms with Crippen molar-refractivity contribution in [1.82, 2.24) is 0 Å². The highest BCUT2D eigenvalue weighted by molar-refractivity contribution is 7.92. The molecule has 2 aliphatic rings. The third kappa shape index (κ3) is 3.15. The number of nitrogens with zero attached hydrogens (tertiary/aromatic N) is 2. The fourth-order valence-corrected chi connectivity index (χ4v) is 4.80. The minimum absolute atomic E-state index is 0.0169. The van der Waals surface area contributed by atoms with E-state index in [0.717, 1.165) is 23.9 Å². The molecule has 0 spiro atoms. The Balaban J connectivity index is 1.71. The number of rotatable bonds is 2. The molecule has 142 valence electrons. The number of fused-ring (bicyclic) bond motifs is 2. The van der Waals surface area contributed by atoms with Gasteiger partial charge in [-0.1, -0.05) is 29.8 Å². The first-order valence-electron chi connectivity index (χ1n) is 8.60. The maximum absolute atomic E-state index is 13.3. The normalized spacial score (nSPS) is 21.4. The summed E-state index contributed by atoms with van der Waals surface area (Å²) in [6.45, 7) is 1.89. The average molecular weight is 407 g/mol. The summed E-state index contributed by atoms with van der Waals surface area (Å²) in [5.74, 6) is 0.0799. The molecule has 6 nitrogen and oxygen atoms in total. The van der Waals surface area contributed by atoms with E-state index in [0.29, 0.717) is 16.5 Å². The molecule has 0 bridgehead atoms. The first-order chi connectivity index (χ1) is 12.8. The van der Waals surface area contributed by atoms with E-state index < -0.39 is 16.1 Å². The molecule has 0 aromatic heterocycles. The van der Waals surface area contributed by atoms with E-state index >= 15 is 0 Å². The molecule has 4 rings (SSSR count). The summed E-state index contributed by atoms with van der Waals surface area (Å²) in [5, 5.41) is 0.401. The highest BCUT2D eigenvalue weighted by Gasteiger charge is 2.40. The predicted molar refractivity (Wildman–Crippen MR) is 105 cm³/mol. The number of anilines is 2. The molecule has 0 saturated heterocycles. The Morgan fingerprint density at radius 3 is 2.67 bits per heavy atom.